The molecule has 0 radical (unpaired) electrons. The van der Waals surface area contributed by atoms with Gasteiger partial charge >= 0.3 is 6.18 Å². The Kier molecular flexibility index (Phi) is 6.93. The molecule has 0 saturated carbocycles. The molecule has 5 rings (SSSR count). The number of carbonyl (C=O) groups excluding carboxylic acids is 1. The van der Waals surface area contributed by atoms with E-state index >= 15 is 0 Å². The van der Waals surface area contributed by atoms with E-state index in [1.54, 1.807) is 18.3 Å². The van der Waals surface area contributed by atoms with Gasteiger partial charge in [-0.1, -0.05) is 19.1 Å². The number of nitrogen functional groups attached to an aromatic ring is 1. The van der Waals surface area contributed by atoms with Crippen molar-refractivity contribution in [2.45, 2.75) is 39.0 Å². The molecule has 4 heterocycles. The molecule has 0 bridgehead atoms. The summed E-state index contributed by atoms with van der Waals surface area (Å²) in [6.45, 7) is 7.14. The van der Waals surface area contributed by atoms with Crippen LogP contribution in [0.5, 0.6) is 0 Å². The highest BCUT2D eigenvalue weighted by molar-refractivity contribution is 6.04. The number of likely N-dealkylation sites (N-methyl/N-ethyl adjacent to an activating group) is 1. The zero-order valence-electron chi connectivity index (χ0n) is 21.0. The maximum absolute atomic E-state index is 13.0. The van der Waals surface area contributed by atoms with Crippen LogP contribution in [0.15, 0.2) is 42.3 Å². The van der Waals surface area contributed by atoms with Crippen LogP contribution < -0.4 is 11.1 Å². The average molecular weight is 528 g/mol. The number of anilines is 2. The second-order valence-corrected chi connectivity index (χ2v) is 9.31. The number of aryl methyl sites for hydroxylation is 1. The van der Waals surface area contributed by atoms with Crippen molar-refractivity contribution >= 4 is 28.6 Å². The summed E-state index contributed by atoms with van der Waals surface area (Å²) in [5, 5.41) is 2.46. The van der Waals surface area contributed by atoms with E-state index in [4.69, 9.17) is 15.5 Å². The van der Waals surface area contributed by atoms with Gasteiger partial charge in [0.05, 0.1) is 17.9 Å². The number of amides is 1. The number of hydrogen-bond acceptors (Lipinski definition) is 7. The first-order valence-electron chi connectivity index (χ1n) is 12.4. The van der Waals surface area contributed by atoms with Crippen LogP contribution in [0.25, 0.3) is 11.1 Å². The summed E-state index contributed by atoms with van der Waals surface area (Å²) in [5.41, 5.74) is 8.99. The number of nitrogens with zero attached hydrogens (tertiary/aromatic N) is 5. The third kappa shape index (κ3) is 5.01. The Bertz CT molecular complexity index is 1440. The van der Waals surface area contributed by atoms with Crippen LogP contribution in [0.4, 0.5) is 24.8 Å². The number of ether oxygens (including phenoxy) is 1. The number of fused-ring (bicyclic) bond motifs is 1. The second-order valence-electron chi connectivity index (χ2n) is 9.31. The smallest absolute Gasteiger partial charge is 0.382 e. The van der Waals surface area contributed by atoms with Gasteiger partial charge in [0.15, 0.2) is 0 Å². The highest BCUT2D eigenvalue weighted by Crippen LogP contribution is 2.35. The van der Waals surface area contributed by atoms with Crippen molar-refractivity contribution < 1.29 is 22.7 Å². The van der Waals surface area contributed by atoms with E-state index in [9.17, 15) is 18.0 Å². The van der Waals surface area contributed by atoms with Crippen LogP contribution in [0.3, 0.4) is 0 Å². The fourth-order valence-corrected chi connectivity index (χ4v) is 4.79. The first kappa shape index (κ1) is 25.9. The van der Waals surface area contributed by atoms with Gasteiger partial charge in [-0.25, -0.2) is 15.0 Å². The predicted molar refractivity (Wildman–Crippen MR) is 136 cm³/mol. The van der Waals surface area contributed by atoms with Gasteiger partial charge in [0.2, 0.25) is 0 Å². The maximum Gasteiger partial charge on any atom is 0.416 e. The van der Waals surface area contributed by atoms with E-state index in [1.165, 1.54) is 0 Å². The molecule has 200 valence electrons. The Balaban J connectivity index is 1.44. The molecule has 9 nitrogen and oxygen atoms in total. The number of aromatic nitrogens is 4. The largest absolute Gasteiger partial charge is 0.416 e. The second kappa shape index (κ2) is 10.2. The van der Waals surface area contributed by atoms with Crippen molar-refractivity contribution in [2.24, 2.45) is 0 Å². The van der Waals surface area contributed by atoms with E-state index in [-0.39, 0.29) is 11.9 Å². The van der Waals surface area contributed by atoms with Gasteiger partial charge in [0.25, 0.3) is 5.91 Å². The Labute approximate surface area is 217 Å². The fourth-order valence-electron chi connectivity index (χ4n) is 4.79. The maximum atomic E-state index is 13.0. The summed E-state index contributed by atoms with van der Waals surface area (Å²) in [7, 11) is 0. The number of imidazole rings is 1. The lowest BCUT2D eigenvalue weighted by atomic mass is 9.95. The standard InChI is InChI=1S/C26H28F3N7O2/c1-3-35-10-11-38-19(14-35)24-34-21(22-23(30)32-13-15(2)36(22)24)16-4-6-17(7-5-16)25(37)33-20-12-18(8-9-31-20)26(27,28)29/h4,6,8-9,12-13,19H,3,5,7,10-11,14H2,1-2H3,(H2,30,32)(H,31,33,37)/t19-/m1/s1. The fraction of sp³-hybridized carbons (Fsp3) is 0.385. The van der Waals surface area contributed by atoms with Crippen molar-refractivity contribution in [1.29, 1.82) is 0 Å². The van der Waals surface area contributed by atoms with Crippen molar-refractivity contribution in [3.63, 3.8) is 0 Å². The number of alkyl halides is 3. The summed E-state index contributed by atoms with van der Waals surface area (Å²) >= 11 is 0. The first-order chi connectivity index (χ1) is 18.2. The van der Waals surface area contributed by atoms with E-state index in [2.05, 4.69) is 27.1 Å². The summed E-state index contributed by atoms with van der Waals surface area (Å²) in [4.78, 5) is 28.2. The summed E-state index contributed by atoms with van der Waals surface area (Å²) in [5.74, 6) is 0.434. The van der Waals surface area contributed by atoms with E-state index in [1.807, 2.05) is 11.3 Å². The molecule has 3 N–H and O–H groups in total. The first-order valence-corrected chi connectivity index (χ1v) is 12.4. The summed E-state index contributed by atoms with van der Waals surface area (Å²) in [6.07, 6.45) is 2.28. The quantitative estimate of drug-likeness (QED) is 0.512. The normalized spacial score (nSPS) is 18.8. The van der Waals surface area contributed by atoms with Crippen molar-refractivity contribution in [3.8, 4) is 0 Å². The Morgan fingerprint density at radius 2 is 2.08 bits per heavy atom. The van der Waals surface area contributed by atoms with Crippen LogP contribution in [-0.2, 0) is 15.7 Å². The Hall–Kier alpha value is -3.77. The number of allylic oxidation sites excluding steroid dienone is 3. The molecule has 3 aromatic heterocycles. The number of morpholine rings is 1. The SMILES string of the molecule is CCN1CCO[C@@H](c2nc(C3=CC=C(C(=O)Nc4cc(C(F)(F)F)ccn4)CC3)c3c(N)ncc(C)n23)C1. The molecule has 2 aliphatic rings. The van der Waals surface area contributed by atoms with Gasteiger partial charge in [0.1, 0.15) is 29.1 Å². The van der Waals surface area contributed by atoms with E-state index in [0.717, 1.165) is 48.5 Å². The monoisotopic (exact) mass is 527 g/mol. The molecule has 1 aliphatic heterocycles. The van der Waals surface area contributed by atoms with Crippen molar-refractivity contribution in [1.82, 2.24) is 24.3 Å². The van der Waals surface area contributed by atoms with E-state index < -0.39 is 17.6 Å². The molecule has 1 saturated heterocycles. The number of halogens is 3. The average Bonchev–Trinajstić information content (AvgIpc) is 3.33. The molecule has 1 aliphatic carbocycles. The molecule has 38 heavy (non-hydrogen) atoms. The topological polar surface area (TPSA) is 111 Å². The molecular weight excluding hydrogens is 499 g/mol. The number of pyridine rings is 1. The molecule has 1 atom stereocenters. The molecule has 0 unspecified atom stereocenters. The van der Waals surface area contributed by atoms with Crippen LogP contribution in [0.1, 0.15) is 48.6 Å². The predicted octanol–water partition coefficient (Wildman–Crippen LogP) is 4.17. The molecular formula is C26H28F3N7O2. The Morgan fingerprint density at radius 3 is 2.79 bits per heavy atom. The summed E-state index contributed by atoms with van der Waals surface area (Å²) in [6, 6.07) is 1.67. The molecule has 1 fully saturated rings. The number of nitrogens with one attached hydrogen (secondary N) is 1. The molecule has 3 aromatic rings. The van der Waals surface area contributed by atoms with Gasteiger partial charge in [-0.05, 0) is 44.0 Å². The van der Waals surface area contributed by atoms with Crippen LogP contribution >= 0.6 is 0 Å². The minimum absolute atomic E-state index is 0.159. The number of hydrogen-bond donors (Lipinski definition) is 2. The third-order valence-electron chi connectivity index (χ3n) is 6.85. The highest BCUT2D eigenvalue weighted by atomic mass is 19.4. The molecule has 0 aromatic carbocycles. The van der Waals surface area contributed by atoms with Crippen LogP contribution in [-0.4, -0.2) is 56.4 Å². The number of carbonyl (C=O) groups is 1. The zero-order valence-corrected chi connectivity index (χ0v) is 21.0. The van der Waals surface area contributed by atoms with Gasteiger partial charge in [0, 0.05) is 36.8 Å². The van der Waals surface area contributed by atoms with Crippen LogP contribution in [0.2, 0.25) is 0 Å². The van der Waals surface area contributed by atoms with Gasteiger partial charge < -0.3 is 15.8 Å². The lowest BCUT2D eigenvalue weighted by molar-refractivity contribution is -0.137. The Morgan fingerprint density at radius 1 is 1.26 bits per heavy atom. The highest BCUT2D eigenvalue weighted by Gasteiger charge is 2.31. The van der Waals surface area contributed by atoms with Gasteiger partial charge in [-0.3, -0.25) is 14.1 Å². The van der Waals surface area contributed by atoms with Gasteiger partial charge in [-0.15, -0.1) is 0 Å². The number of nitrogens with two attached hydrogens (primary N) is 1. The lowest BCUT2D eigenvalue weighted by Gasteiger charge is -2.31. The molecule has 12 heteroatoms. The van der Waals surface area contributed by atoms with Crippen LogP contribution in [0, 0.1) is 6.92 Å². The van der Waals surface area contributed by atoms with E-state index in [0.29, 0.717) is 48.6 Å². The molecule has 0 spiro atoms. The zero-order chi connectivity index (χ0) is 27.0. The molecule has 1 amide bonds. The van der Waals surface area contributed by atoms with Crippen molar-refractivity contribution in [3.05, 3.63) is 65.0 Å². The third-order valence-corrected chi connectivity index (χ3v) is 6.85. The van der Waals surface area contributed by atoms with Crippen molar-refractivity contribution in [2.75, 3.05) is 37.3 Å². The minimum atomic E-state index is -4.52. The number of rotatable bonds is 5. The lowest BCUT2D eigenvalue weighted by Crippen LogP contribution is -2.38. The summed E-state index contributed by atoms with van der Waals surface area (Å²) < 4.78 is 47.1. The minimum Gasteiger partial charge on any atom is -0.382 e. The van der Waals surface area contributed by atoms with Gasteiger partial charge in [-0.2, -0.15) is 13.2 Å².